The van der Waals surface area contributed by atoms with Crippen molar-refractivity contribution in [3.63, 3.8) is 0 Å². The molecule has 0 bridgehead atoms. The van der Waals surface area contributed by atoms with Crippen molar-refractivity contribution in [1.82, 2.24) is 0 Å². The summed E-state index contributed by atoms with van der Waals surface area (Å²) in [5, 5.41) is 16.3. The molecule has 40 heavy (non-hydrogen) atoms. The Balaban J connectivity index is 1.48. The molecule has 0 amide bonds. The lowest BCUT2D eigenvalue weighted by Gasteiger charge is -2.39. The van der Waals surface area contributed by atoms with Crippen LogP contribution in [0.15, 0.2) is 47.6 Å². The van der Waals surface area contributed by atoms with Crippen molar-refractivity contribution >= 4 is 23.1 Å². The van der Waals surface area contributed by atoms with Gasteiger partial charge in [0, 0.05) is 49.3 Å². The predicted octanol–water partition coefficient (Wildman–Crippen LogP) is 5.18. The van der Waals surface area contributed by atoms with Gasteiger partial charge in [0.05, 0.1) is 24.0 Å². The van der Waals surface area contributed by atoms with E-state index in [1.54, 1.807) is 36.4 Å². The van der Waals surface area contributed by atoms with E-state index in [1.807, 2.05) is 18.7 Å². The van der Waals surface area contributed by atoms with Crippen LogP contribution in [0.1, 0.15) is 47.0 Å². The van der Waals surface area contributed by atoms with Crippen LogP contribution in [-0.2, 0) is 4.79 Å². The third-order valence-corrected chi connectivity index (χ3v) is 7.72. The molecule has 4 rings (SSSR count). The Labute approximate surface area is 231 Å². The molecule has 2 aliphatic heterocycles. The van der Waals surface area contributed by atoms with Crippen LogP contribution in [0.3, 0.4) is 0 Å². The molecule has 0 N–H and O–H groups in total. The van der Waals surface area contributed by atoms with Crippen LogP contribution in [0, 0.1) is 17.2 Å². The minimum Gasteiger partial charge on any atom is -0.550 e. The minimum atomic E-state index is -4.71. The summed E-state index contributed by atoms with van der Waals surface area (Å²) in [6.45, 7) is 8.24. The van der Waals surface area contributed by atoms with Gasteiger partial charge in [0.1, 0.15) is 29.1 Å². The lowest BCUT2D eigenvalue weighted by Crippen LogP contribution is -2.46. The molecule has 2 aliphatic rings. The number of alkyl halides is 3. The van der Waals surface area contributed by atoms with Crippen molar-refractivity contribution in [2.45, 2.75) is 65.3 Å². The number of halogens is 4. The lowest BCUT2D eigenvalue weighted by atomic mass is 9.78. The second kappa shape index (κ2) is 11.5. The number of nitrogens with zero attached hydrogens (tertiary/aromatic N) is 3. The quantitative estimate of drug-likeness (QED) is 0.391. The van der Waals surface area contributed by atoms with Crippen molar-refractivity contribution in [2.75, 3.05) is 29.6 Å². The number of carbonyl (C=O) groups excluding carboxylic acids is 1. The maximum atomic E-state index is 14.6. The largest absolute Gasteiger partial charge is 0.550 e. The van der Waals surface area contributed by atoms with E-state index in [1.165, 1.54) is 19.9 Å². The molecule has 3 atom stereocenters. The molecule has 3 unspecified atom stereocenters. The van der Waals surface area contributed by atoms with Gasteiger partial charge in [-0.05, 0) is 49.7 Å². The van der Waals surface area contributed by atoms with E-state index < -0.39 is 35.7 Å². The SMILES string of the molecule is CCOc1ccc(F)c(N2CCC(Oc3ccc(N4N=C(C(F)(F)F)C(C)(C)C4CC(=O)[O-])cc3)C(CC)C2)c1. The standard InChI is InChI=1S/C29H35F4N3O4/c1-5-18-17-35(23-15-21(39-6-2)11-12-22(23)30)14-13-24(18)40-20-9-7-19(8-10-20)36-25(16-26(37)38)28(3,4)27(34-36)29(31,32)33/h7-12,15,18,24-25H,5-6,13-14,16-17H2,1-4H3,(H,37,38)/p-1. The molecule has 0 spiro atoms. The fourth-order valence-electron chi connectivity index (χ4n) is 5.55. The average molecular weight is 565 g/mol. The molecule has 7 nitrogen and oxygen atoms in total. The number of benzene rings is 2. The number of carbonyl (C=O) groups is 1. The maximum Gasteiger partial charge on any atom is 0.431 e. The summed E-state index contributed by atoms with van der Waals surface area (Å²) in [4.78, 5) is 13.4. The normalized spacial score (nSPS) is 22.7. The number of hydrazone groups is 1. The van der Waals surface area contributed by atoms with Crippen molar-refractivity contribution in [3.8, 4) is 11.5 Å². The highest BCUT2D eigenvalue weighted by Gasteiger charge is 2.55. The van der Waals surface area contributed by atoms with Crippen molar-refractivity contribution in [1.29, 1.82) is 0 Å². The number of rotatable bonds is 9. The van der Waals surface area contributed by atoms with E-state index in [2.05, 4.69) is 5.10 Å². The first kappa shape index (κ1) is 29.5. The molecule has 218 valence electrons. The third-order valence-electron chi connectivity index (χ3n) is 7.72. The molecule has 0 aromatic heterocycles. The highest BCUT2D eigenvalue weighted by Crippen LogP contribution is 2.44. The van der Waals surface area contributed by atoms with Crippen molar-refractivity contribution in [2.24, 2.45) is 16.4 Å². The van der Waals surface area contributed by atoms with Gasteiger partial charge in [-0.15, -0.1) is 0 Å². The van der Waals surface area contributed by atoms with Crippen LogP contribution < -0.4 is 24.5 Å². The summed E-state index contributed by atoms with van der Waals surface area (Å²) in [5.41, 5.74) is -1.78. The fraction of sp³-hybridized carbons (Fsp3) is 0.517. The first-order valence-corrected chi connectivity index (χ1v) is 13.4. The highest BCUT2D eigenvalue weighted by atomic mass is 19.4. The van der Waals surface area contributed by atoms with Gasteiger partial charge in [0.15, 0.2) is 0 Å². The summed E-state index contributed by atoms with van der Waals surface area (Å²) in [5.74, 6) is -0.524. The third kappa shape index (κ3) is 6.13. The molecule has 0 aliphatic carbocycles. The van der Waals surface area contributed by atoms with Crippen LogP contribution in [0.4, 0.5) is 28.9 Å². The smallest absolute Gasteiger partial charge is 0.431 e. The van der Waals surface area contributed by atoms with Gasteiger partial charge in [-0.1, -0.05) is 20.8 Å². The van der Waals surface area contributed by atoms with Gasteiger partial charge >= 0.3 is 6.18 Å². The number of hydrogen-bond donors (Lipinski definition) is 0. The average Bonchev–Trinajstić information content (AvgIpc) is 3.16. The van der Waals surface area contributed by atoms with E-state index in [0.29, 0.717) is 49.0 Å². The molecule has 2 aromatic rings. The van der Waals surface area contributed by atoms with Crippen LogP contribution in [0.2, 0.25) is 0 Å². The number of carboxylic acid groups (broad SMARTS) is 1. The molecule has 0 saturated carbocycles. The summed E-state index contributed by atoms with van der Waals surface area (Å²) < 4.78 is 67.5. The number of hydrogen-bond acceptors (Lipinski definition) is 7. The number of anilines is 2. The van der Waals surface area contributed by atoms with Gasteiger partial charge in [-0.2, -0.15) is 18.3 Å². The molecule has 2 aromatic carbocycles. The number of ether oxygens (including phenoxy) is 2. The minimum absolute atomic E-state index is 0.106. The molecule has 0 radical (unpaired) electrons. The van der Waals surface area contributed by atoms with Crippen LogP contribution in [-0.4, -0.2) is 49.7 Å². The molecule has 1 saturated heterocycles. The Kier molecular flexibility index (Phi) is 8.51. The zero-order chi connectivity index (χ0) is 29.2. The Morgan fingerprint density at radius 1 is 1.12 bits per heavy atom. The fourth-order valence-corrected chi connectivity index (χ4v) is 5.55. The molecular formula is C29H34F4N3O4-. The van der Waals surface area contributed by atoms with Crippen molar-refractivity contribution in [3.05, 3.63) is 48.3 Å². The number of aliphatic carboxylic acids is 1. The molecule has 1 fully saturated rings. The zero-order valence-corrected chi connectivity index (χ0v) is 23.0. The Hall–Kier alpha value is -3.50. The summed E-state index contributed by atoms with van der Waals surface area (Å²) in [7, 11) is 0. The van der Waals surface area contributed by atoms with E-state index in [-0.39, 0.29) is 17.8 Å². The monoisotopic (exact) mass is 564 g/mol. The lowest BCUT2D eigenvalue weighted by molar-refractivity contribution is -0.306. The van der Waals surface area contributed by atoms with Gasteiger partial charge < -0.3 is 24.3 Å². The van der Waals surface area contributed by atoms with Crippen LogP contribution >= 0.6 is 0 Å². The zero-order valence-electron chi connectivity index (χ0n) is 23.0. The van der Waals surface area contributed by atoms with Gasteiger partial charge in [-0.25, -0.2) is 4.39 Å². The number of piperidine rings is 1. The van der Waals surface area contributed by atoms with E-state index in [0.717, 1.165) is 11.4 Å². The summed E-state index contributed by atoms with van der Waals surface area (Å²) >= 11 is 0. The maximum absolute atomic E-state index is 14.6. The van der Waals surface area contributed by atoms with Crippen LogP contribution in [0.5, 0.6) is 11.5 Å². The Morgan fingerprint density at radius 2 is 1.80 bits per heavy atom. The summed E-state index contributed by atoms with van der Waals surface area (Å²) in [6, 6.07) is 10.1. The Morgan fingerprint density at radius 3 is 2.40 bits per heavy atom. The topological polar surface area (TPSA) is 77.4 Å². The van der Waals surface area contributed by atoms with E-state index in [4.69, 9.17) is 9.47 Å². The predicted molar refractivity (Wildman–Crippen MR) is 142 cm³/mol. The second-order valence-electron chi connectivity index (χ2n) is 10.7. The Bertz CT molecular complexity index is 1230. The molecule has 2 heterocycles. The second-order valence-corrected chi connectivity index (χ2v) is 10.7. The van der Waals surface area contributed by atoms with Crippen molar-refractivity contribution < 1.29 is 36.9 Å². The summed E-state index contributed by atoms with van der Waals surface area (Å²) in [6.07, 6.45) is -4.01. The first-order chi connectivity index (χ1) is 18.8. The highest BCUT2D eigenvalue weighted by molar-refractivity contribution is 5.98. The molecular weight excluding hydrogens is 530 g/mol. The van der Waals surface area contributed by atoms with E-state index in [9.17, 15) is 27.5 Å². The molecule has 11 heteroatoms. The van der Waals surface area contributed by atoms with E-state index >= 15 is 0 Å². The van der Waals surface area contributed by atoms with Gasteiger partial charge in [0.2, 0.25) is 0 Å². The van der Waals surface area contributed by atoms with Gasteiger partial charge in [-0.3, -0.25) is 5.01 Å². The first-order valence-electron chi connectivity index (χ1n) is 13.4. The van der Waals surface area contributed by atoms with Gasteiger partial charge in [0.25, 0.3) is 0 Å². The van der Waals surface area contributed by atoms with Crippen LogP contribution in [0.25, 0.3) is 0 Å². The number of carboxylic acids is 1.